The van der Waals surface area contributed by atoms with E-state index in [0.29, 0.717) is 11.5 Å². The molecule has 152 valence electrons. The van der Waals surface area contributed by atoms with E-state index in [2.05, 4.69) is 31.6 Å². The first-order valence-electron chi connectivity index (χ1n) is 8.84. The van der Waals surface area contributed by atoms with Crippen molar-refractivity contribution in [2.75, 3.05) is 6.67 Å². The molecule has 0 bridgehead atoms. The summed E-state index contributed by atoms with van der Waals surface area (Å²) in [6, 6.07) is 4.62. The topological polar surface area (TPSA) is 93.1 Å². The molecule has 8 nitrogen and oxygen atoms in total. The highest BCUT2D eigenvalue weighted by atomic mass is 19.4. The maximum atomic E-state index is 13.4. The maximum Gasteiger partial charge on any atom is 0.416 e. The fourth-order valence-corrected chi connectivity index (χ4v) is 3.41. The van der Waals surface area contributed by atoms with Crippen molar-refractivity contribution in [2.24, 2.45) is 10.2 Å². The Bertz CT molecular complexity index is 951. The van der Waals surface area contributed by atoms with Gasteiger partial charge in [0.15, 0.2) is 0 Å². The summed E-state index contributed by atoms with van der Waals surface area (Å²) in [4.78, 5) is 12.8. The van der Waals surface area contributed by atoms with Gasteiger partial charge in [-0.1, -0.05) is 24.3 Å². The third-order valence-corrected chi connectivity index (χ3v) is 4.68. The number of nitrogens with one attached hydrogen (secondary N) is 4. The fourth-order valence-electron chi connectivity index (χ4n) is 3.41. The lowest BCUT2D eigenvalue weighted by molar-refractivity contribution is -0.138. The van der Waals surface area contributed by atoms with Crippen molar-refractivity contribution in [1.82, 2.24) is 26.4 Å². The number of rotatable bonds is 3. The van der Waals surface area contributed by atoms with Crippen molar-refractivity contribution >= 4 is 5.91 Å². The number of carbonyl (C=O) groups is 1. The van der Waals surface area contributed by atoms with Crippen LogP contribution in [0.4, 0.5) is 13.2 Å². The van der Waals surface area contributed by atoms with Gasteiger partial charge >= 0.3 is 6.18 Å². The van der Waals surface area contributed by atoms with E-state index in [0.717, 1.165) is 6.07 Å². The molecule has 29 heavy (non-hydrogen) atoms. The lowest BCUT2D eigenvalue weighted by Gasteiger charge is -2.35. The van der Waals surface area contributed by atoms with Gasteiger partial charge in [0.2, 0.25) is 0 Å². The molecule has 11 heteroatoms. The number of hydrogen-bond donors (Lipinski definition) is 4. The summed E-state index contributed by atoms with van der Waals surface area (Å²) in [5.41, 5.74) is 3.25. The Labute approximate surface area is 164 Å². The molecule has 0 saturated carbocycles. The van der Waals surface area contributed by atoms with Gasteiger partial charge in [-0.25, -0.2) is 5.43 Å². The second kappa shape index (κ2) is 7.24. The van der Waals surface area contributed by atoms with Crippen LogP contribution in [0.25, 0.3) is 0 Å². The first-order chi connectivity index (χ1) is 13.8. The number of alkyl halides is 3. The van der Waals surface area contributed by atoms with Gasteiger partial charge in [-0.05, 0) is 24.6 Å². The monoisotopic (exact) mass is 405 g/mol. The smallest absolute Gasteiger partial charge is 0.363 e. The predicted octanol–water partition coefficient (Wildman–Crippen LogP) is 2.21. The van der Waals surface area contributed by atoms with Crippen LogP contribution >= 0.6 is 0 Å². The summed E-state index contributed by atoms with van der Waals surface area (Å²) in [5, 5.41) is 17.7. The molecule has 4 N–H and O–H groups in total. The SMILES string of the molecule is CC1=C(C(=O)NC2=CN=NCN2)N2NC(c3ccccc3C(F)(F)F)C=CC2N1. The summed E-state index contributed by atoms with van der Waals surface area (Å²) >= 11 is 0. The Kier molecular flexibility index (Phi) is 4.74. The Morgan fingerprint density at radius 2 is 2.07 bits per heavy atom. The van der Waals surface area contributed by atoms with Gasteiger partial charge in [0.1, 0.15) is 24.4 Å². The number of carbonyl (C=O) groups excluding carboxylic acids is 1. The van der Waals surface area contributed by atoms with Gasteiger partial charge in [0, 0.05) is 5.70 Å². The van der Waals surface area contributed by atoms with E-state index in [9.17, 15) is 18.0 Å². The van der Waals surface area contributed by atoms with Crippen molar-refractivity contribution in [3.63, 3.8) is 0 Å². The molecule has 3 aliphatic rings. The number of hydrazine groups is 1. The normalized spacial score (nSPS) is 23.3. The number of halogens is 3. The molecule has 2 atom stereocenters. The largest absolute Gasteiger partial charge is 0.416 e. The zero-order valence-corrected chi connectivity index (χ0v) is 15.3. The molecule has 1 amide bonds. The summed E-state index contributed by atoms with van der Waals surface area (Å²) in [6.45, 7) is 1.97. The van der Waals surface area contributed by atoms with E-state index in [4.69, 9.17) is 0 Å². The molecule has 0 fully saturated rings. The van der Waals surface area contributed by atoms with E-state index in [1.54, 1.807) is 25.1 Å². The van der Waals surface area contributed by atoms with Crippen LogP contribution in [0.5, 0.6) is 0 Å². The zero-order valence-electron chi connectivity index (χ0n) is 15.3. The molecule has 0 aromatic heterocycles. The molecule has 0 spiro atoms. The predicted molar refractivity (Wildman–Crippen MR) is 97.0 cm³/mol. The van der Waals surface area contributed by atoms with E-state index >= 15 is 0 Å². The lowest BCUT2D eigenvalue weighted by Crippen LogP contribution is -2.51. The van der Waals surface area contributed by atoms with Crippen molar-refractivity contribution in [3.05, 3.63) is 71.0 Å². The van der Waals surface area contributed by atoms with Crippen LogP contribution in [-0.2, 0) is 11.0 Å². The zero-order chi connectivity index (χ0) is 20.6. The Balaban J connectivity index is 1.59. The molecule has 1 aromatic rings. The first kappa shape index (κ1) is 19.0. The average Bonchev–Trinajstić information content (AvgIpc) is 3.03. The van der Waals surface area contributed by atoms with Gasteiger partial charge in [-0.3, -0.25) is 9.80 Å². The van der Waals surface area contributed by atoms with Crippen LogP contribution in [-0.4, -0.2) is 23.8 Å². The van der Waals surface area contributed by atoms with Gasteiger partial charge in [-0.15, -0.1) is 0 Å². The van der Waals surface area contributed by atoms with Crippen LogP contribution in [0.1, 0.15) is 24.1 Å². The molecule has 0 radical (unpaired) electrons. The molecule has 1 aromatic carbocycles. The Hall–Kier alpha value is -3.34. The summed E-state index contributed by atoms with van der Waals surface area (Å²) in [5.74, 6) is -0.0423. The maximum absolute atomic E-state index is 13.4. The molecule has 3 aliphatic heterocycles. The van der Waals surface area contributed by atoms with Crippen molar-refractivity contribution in [1.29, 1.82) is 0 Å². The fraction of sp³-hybridized carbons (Fsp3) is 0.278. The molecule has 3 heterocycles. The number of azo groups is 1. The van der Waals surface area contributed by atoms with E-state index in [1.165, 1.54) is 23.3 Å². The van der Waals surface area contributed by atoms with Crippen LogP contribution in [0, 0.1) is 0 Å². The number of allylic oxidation sites excluding steroid dienone is 1. The van der Waals surface area contributed by atoms with Gasteiger partial charge in [-0.2, -0.15) is 23.4 Å². The third kappa shape index (κ3) is 3.68. The molecular weight excluding hydrogens is 387 g/mol. The summed E-state index contributed by atoms with van der Waals surface area (Å²) in [6.07, 6.45) is -0.115. The van der Waals surface area contributed by atoms with Crippen molar-refractivity contribution in [2.45, 2.75) is 25.3 Å². The van der Waals surface area contributed by atoms with Crippen LogP contribution in [0.3, 0.4) is 0 Å². The Morgan fingerprint density at radius 3 is 2.79 bits per heavy atom. The second-order valence-electron chi connectivity index (χ2n) is 6.60. The standard InChI is InChI=1S/C18H18F3N7O/c1-10-16(17(29)26-14-8-23-24-9-22-14)28-15(25-10)7-6-13(27-28)11-4-2-3-5-12(11)18(19,20)21/h2-8,13,15,22,25,27H,9H2,1H3,(H,26,29). The van der Waals surface area contributed by atoms with E-state index < -0.39 is 29.9 Å². The number of nitrogens with zero attached hydrogens (tertiary/aromatic N) is 3. The van der Waals surface area contributed by atoms with Crippen LogP contribution < -0.4 is 21.4 Å². The average molecular weight is 405 g/mol. The van der Waals surface area contributed by atoms with Crippen LogP contribution in [0.15, 0.2) is 70.1 Å². The van der Waals surface area contributed by atoms with Crippen molar-refractivity contribution < 1.29 is 18.0 Å². The highest BCUT2D eigenvalue weighted by Gasteiger charge is 2.39. The highest BCUT2D eigenvalue weighted by molar-refractivity contribution is 5.95. The lowest BCUT2D eigenvalue weighted by atomic mass is 9.99. The van der Waals surface area contributed by atoms with Gasteiger partial charge in [0.05, 0.1) is 17.8 Å². The molecule has 0 saturated heterocycles. The minimum absolute atomic E-state index is 0.0797. The molecule has 2 unspecified atom stereocenters. The van der Waals surface area contributed by atoms with Crippen LogP contribution in [0.2, 0.25) is 0 Å². The van der Waals surface area contributed by atoms with Crippen molar-refractivity contribution in [3.8, 4) is 0 Å². The van der Waals surface area contributed by atoms with Gasteiger partial charge in [0.25, 0.3) is 5.91 Å². The molecule has 0 aliphatic carbocycles. The molecule has 4 rings (SSSR count). The van der Waals surface area contributed by atoms with E-state index in [-0.39, 0.29) is 17.9 Å². The quantitative estimate of drug-likeness (QED) is 0.579. The first-order valence-corrected chi connectivity index (χ1v) is 8.84. The number of hydrogen-bond acceptors (Lipinski definition) is 7. The number of fused-ring (bicyclic) bond motifs is 1. The Morgan fingerprint density at radius 1 is 1.28 bits per heavy atom. The van der Waals surface area contributed by atoms with E-state index in [1.807, 2.05) is 0 Å². The van der Waals surface area contributed by atoms with Gasteiger partial charge < -0.3 is 16.0 Å². The second-order valence-corrected chi connectivity index (χ2v) is 6.60. The minimum atomic E-state index is -4.48. The number of amides is 1. The highest BCUT2D eigenvalue weighted by Crippen LogP contribution is 2.36. The minimum Gasteiger partial charge on any atom is -0.363 e. The third-order valence-electron chi connectivity index (χ3n) is 4.68. The molecular formula is C18H18F3N7O. The summed E-state index contributed by atoms with van der Waals surface area (Å²) < 4.78 is 40.3. The number of benzene rings is 1. The summed E-state index contributed by atoms with van der Waals surface area (Å²) in [7, 11) is 0.